The van der Waals surface area contributed by atoms with Crippen LogP contribution in [0.2, 0.25) is 5.02 Å². The van der Waals surface area contributed by atoms with Crippen LogP contribution in [0, 0.1) is 5.41 Å². The molecule has 21 heavy (non-hydrogen) atoms. The van der Waals surface area contributed by atoms with Crippen molar-refractivity contribution in [2.75, 3.05) is 18.4 Å². The Balaban J connectivity index is 1.87. The molecule has 0 radical (unpaired) electrons. The van der Waals surface area contributed by atoms with Crippen molar-refractivity contribution in [3.05, 3.63) is 28.8 Å². The van der Waals surface area contributed by atoms with Crippen LogP contribution in [0.5, 0.6) is 0 Å². The number of halogens is 1. The molecule has 1 fully saturated rings. The fourth-order valence-electron chi connectivity index (χ4n) is 2.38. The van der Waals surface area contributed by atoms with Gasteiger partial charge >= 0.3 is 5.97 Å². The van der Waals surface area contributed by atoms with Gasteiger partial charge in [-0.25, -0.2) is 4.79 Å². The second-order valence-corrected chi connectivity index (χ2v) is 6.22. The van der Waals surface area contributed by atoms with E-state index in [-0.39, 0.29) is 18.0 Å². The maximum absolute atomic E-state index is 11.9. The van der Waals surface area contributed by atoms with Crippen molar-refractivity contribution in [1.82, 2.24) is 5.32 Å². The predicted molar refractivity (Wildman–Crippen MR) is 81.9 cm³/mol. The molecule has 3 N–H and O–H groups in total. The van der Waals surface area contributed by atoms with Crippen molar-refractivity contribution < 1.29 is 14.7 Å². The van der Waals surface area contributed by atoms with Gasteiger partial charge in [-0.2, -0.15) is 0 Å². The number of carboxylic acid groups (broad SMARTS) is 1. The van der Waals surface area contributed by atoms with Crippen LogP contribution in [-0.2, 0) is 4.79 Å². The van der Waals surface area contributed by atoms with Crippen LogP contribution in [-0.4, -0.2) is 30.1 Å². The summed E-state index contributed by atoms with van der Waals surface area (Å²) in [5.41, 5.74) is 0.712. The minimum atomic E-state index is -1.06. The number of hydrogen-bond donors (Lipinski definition) is 3. The van der Waals surface area contributed by atoms with Crippen LogP contribution in [0.25, 0.3) is 0 Å². The van der Waals surface area contributed by atoms with Gasteiger partial charge in [0.1, 0.15) is 0 Å². The molecular formula is C15H19ClN2O3. The summed E-state index contributed by atoms with van der Waals surface area (Å²) in [7, 11) is 0. The molecule has 114 valence electrons. The lowest BCUT2D eigenvalue weighted by Gasteiger charge is -2.38. The molecule has 0 saturated heterocycles. The number of carbonyl (C=O) groups is 2. The highest BCUT2D eigenvalue weighted by Crippen LogP contribution is 2.39. The van der Waals surface area contributed by atoms with Gasteiger partial charge in [0.15, 0.2) is 0 Å². The van der Waals surface area contributed by atoms with E-state index in [1.807, 2.05) is 0 Å². The zero-order valence-electron chi connectivity index (χ0n) is 11.9. The van der Waals surface area contributed by atoms with E-state index < -0.39 is 5.97 Å². The number of aromatic carboxylic acids is 1. The summed E-state index contributed by atoms with van der Waals surface area (Å²) in [5, 5.41) is 15.0. The first-order chi connectivity index (χ1) is 9.89. The Bertz CT molecular complexity index is 556. The van der Waals surface area contributed by atoms with Crippen LogP contribution in [0.3, 0.4) is 0 Å². The Hall–Kier alpha value is -1.59. The molecule has 6 heteroatoms. The lowest BCUT2D eigenvalue weighted by Crippen LogP contribution is -2.40. The zero-order valence-corrected chi connectivity index (χ0v) is 12.7. The van der Waals surface area contributed by atoms with E-state index in [2.05, 4.69) is 17.6 Å². The van der Waals surface area contributed by atoms with Crippen LogP contribution in [0.15, 0.2) is 18.2 Å². The molecule has 0 aromatic heterocycles. The minimum Gasteiger partial charge on any atom is -0.478 e. The summed E-state index contributed by atoms with van der Waals surface area (Å²) in [6.07, 6.45) is 3.63. The first-order valence-electron chi connectivity index (χ1n) is 6.93. The average molecular weight is 311 g/mol. The normalized spacial score (nSPS) is 16.1. The smallest absolute Gasteiger partial charge is 0.335 e. The van der Waals surface area contributed by atoms with Gasteiger partial charge in [0.05, 0.1) is 22.8 Å². The third-order valence-corrected chi connectivity index (χ3v) is 4.21. The quantitative estimate of drug-likeness (QED) is 0.755. The molecule has 1 saturated carbocycles. The van der Waals surface area contributed by atoms with E-state index >= 15 is 0 Å². The summed E-state index contributed by atoms with van der Waals surface area (Å²) in [6.45, 7) is 3.20. The molecule has 0 aliphatic heterocycles. The number of anilines is 1. The van der Waals surface area contributed by atoms with E-state index in [9.17, 15) is 9.59 Å². The highest BCUT2D eigenvalue weighted by atomic mass is 35.5. The Morgan fingerprint density at radius 1 is 1.38 bits per heavy atom. The molecule has 1 aliphatic rings. The highest BCUT2D eigenvalue weighted by Gasteiger charge is 2.31. The van der Waals surface area contributed by atoms with E-state index in [0.29, 0.717) is 16.1 Å². The second-order valence-electron chi connectivity index (χ2n) is 5.82. The number of amides is 1. The van der Waals surface area contributed by atoms with Crippen LogP contribution >= 0.6 is 11.6 Å². The van der Waals surface area contributed by atoms with Gasteiger partial charge in [0.25, 0.3) is 0 Å². The van der Waals surface area contributed by atoms with Crippen LogP contribution in [0.1, 0.15) is 36.5 Å². The van der Waals surface area contributed by atoms with Gasteiger partial charge in [-0.15, -0.1) is 0 Å². The van der Waals surface area contributed by atoms with E-state index in [4.69, 9.17) is 16.7 Å². The molecule has 1 aromatic carbocycles. The molecule has 0 bridgehead atoms. The molecule has 5 nitrogen and oxygen atoms in total. The zero-order chi connectivity index (χ0) is 15.5. The lowest BCUT2D eigenvalue weighted by molar-refractivity contribution is -0.115. The fraction of sp³-hybridized carbons (Fsp3) is 0.467. The van der Waals surface area contributed by atoms with Crippen molar-refractivity contribution >= 4 is 29.2 Å². The molecule has 0 atom stereocenters. The van der Waals surface area contributed by atoms with Crippen molar-refractivity contribution in [2.45, 2.75) is 26.2 Å². The molecular weight excluding hydrogens is 292 g/mol. The summed E-state index contributed by atoms with van der Waals surface area (Å²) in [6, 6.07) is 4.22. The van der Waals surface area contributed by atoms with Crippen molar-refractivity contribution in [2.24, 2.45) is 5.41 Å². The molecule has 1 aromatic rings. The maximum atomic E-state index is 11.9. The highest BCUT2D eigenvalue weighted by molar-refractivity contribution is 6.33. The summed E-state index contributed by atoms with van der Waals surface area (Å²) >= 11 is 5.96. The van der Waals surface area contributed by atoms with E-state index in [1.165, 1.54) is 37.5 Å². The second kappa shape index (κ2) is 6.45. The number of hydrogen-bond acceptors (Lipinski definition) is 3. The van der Waals surface area contributed by atoms with E-state index in [1.54, 1.807) is 0 Å². The van der Waals surface area contributed by atoms with E-state index in [0.717, 1.165) is 6.54 Å². The largest absolute Gasteiger partial charge is 0.478 e. The average Bonchev–Trinajstić information content (AvgIpc) is 2.39. The van der Waals surface area contributed by atoms with Gasteiger partial charge in [0.2, 0.25) is 5.91 Å². The van der Waals surface area contributed by atoms with Gasteiger partial charge in [-0.1, -0.05) is 24.9 Å². The molecule has 0 heterocycles. The Kier molecular flexibility index (Phi) is 4.85. The van der Waals surface area contributed by atoms with Gasteiger partial charge in [-0.05, 0) is 36.5 Å². The Labute approximate surface area is 128 Å². The first-order valence-corrected chi connectivity index (χ1v) is 7.31. The Morgan fingerprint density at radius 3 is 2.67 bits per heavy atom. The summed E-state index contributed by atoms with van der Waals surface area (Å²) in [4.78, 5) is 22.8. The predicted octanol–water partition coefficient (Wildman–Crippen LogP) is 2.76. The topological polar surface area (TPSA) is 78.4 Å². The molecule has 1 amide bonds. The molecule has 2 rings (SSSR count). The van der Waals surface area contributed by atoms with Crippen LogP contribution in [0.4, 0.5) is 5.69 Å². The molecule has 0 unspecified atom stereocenters. The number of nitrogens with one attached hydrogen (secondary N) is 2. The van der Waals surface area contributed by atoms with Crippen molar-refractivity contribution in [3.8, 4) is 0 Å². The lowest BCUT2D eigenvalue weighted by atomic mass is 9.70. The van der Waals surface area contributed by atoms with Gasteiger partial charge in [0, 0.05) is 6.54 Å². The summed E-state index contributed by atoms with van der Waals surface area (Å²) < 4.78 is 0. The number of benzene rings is 1. The minimum absolute atomic E-state index is 0.0876. The standard InChI is InChI=1S/C15H19ClN2O3/c1-15(5-2-6-15)9-17-8-13(19)18-12-7-10(14(20)21)3-4-11(12)16/h3-4,7,17H,2,5-6,8-9H2,1H3,(H,18,19)(H,20,21). The monoisotopic (exact) mass is 310 g/mol. The number of carboxylic acids is 1. The maximum Gasteiger partial charge on any atom is 0.335 e. The number of rotatable bonds is 6. The third-order valence-electron chi connectivity index (χ3n) is 3.89. The Morgan fingerprint density at radius 2 is 2.10 bits per heavy atom. The molecule has 0 spiro atoms. The van der Waals surface area contributed by atoms with Gasteiger partial charge in [-0.3, -0.25) is 4.79 Å². The molecule has 1 aliphatic carbocycles. The number of carbonyl (C=O) groups excluding carboxylic acids is 1. The van der Waals surface area contributed by atoms with Gasteiger partial charge < -0.3 is 15.7 Å². The third kappa shape index (κ3) is 4.19. The van der Waals surface area contributed by atoms with Crippen molar-refractivity contribution in [3.63, 3.8) is 0 Å². The first kappa shape index (κ1) is 15.8. The fourth-order valence-corrected chi connectivity index (χ4v) is 2.55. The van der Waals surface area contributed by atoms with Crippen molar-refractivity contribution in [1.29, 1.82) is 0 Å². The SMILES string of the molecule is CC1(CNCC(=O)Nc2cc(C(=O)O)ccc2Cl)CCC1. The summed E-state index contributed by atoms with van der Waals surface area (Å²) in [5.74, 6) is -1.29. The van der Waals surface area contributed by atoms with Crippen LogP contribution < -0.4 is 10.6 Å².